The molecule has 14 heavy (non-hydrogen) atoms. The Labute approximate surface area is 86.3 Å². The van der Waals surface area contributed by atoms with Gasteiger partial charge in [-0.05, 0) is 17.5 Å². The molecule has 3 unspecified atom stereocenters. The lowest BCUT2D eigenvalue weighted by atomic mass is 10.1. The maximum Gasteiger partial charge on any atom is 0.307 e. The van der Waals surface area contributed by atoms with Gasteiger partial charge in [0, 0.05) is 16.6 Å². The summed E-state index contributed by atoms with van der Waals surface area (Å²) in [7, 11) is 0. The van der Waals surface area contributed by atoms with E-state index in [0.717, 1.165) is 5.75 Å². The second-order valence-corrected chi connectivity index (χ2v) is 4.96. The molecule has 1 aliphatic carbocycles. The lowest BCUT2D eigenvalue weighted by Gasteiger charge is -2.12. The first kappa shape index (κ1) is 8.36. The molecule has 1 aromatic carbocycles. The molecule has 1 heterocycles. The molecule has 2 nitrogen and oxygen atoms in total. The Bertz CT molecular complexity index is 402. The van der Waals surface area contributed by atoms with Crippen molar-refractivity contribution in [2.24, 2.45) is 11.8 Å². The maximum atomic E-state index is 10.9. The highest BCUT2D eigenvalue weighted by Gasteiger charge is 2.57. The number of carbonyl (C=O) groups is 1. The van der Waals surface area contributed by atoms with E-state index >= 15 is 0 Å². The molecule has 72 valence electrons. The summed E-state index contributed by atoms with van der Waals surface area (Å²) in [5.74, 6) is 0.902. The van der Waals surface area contributed by atoms with Crippen LogP contribution in [0.2, 0.25) is 0 Å². The van der Waals surface area contributed by atoms with Crippen LogP contribution in [0.25, 0.3) is 0 Å². The largest absolute Gasteiger partial charge is 0.481 e. The molecule has 3 heteroatoms. The number of fused-ring (bicyclic) bond motifs is 3. The number of aliphatic carboxylic acids is 1. The van der Waals surface area contributed by atoms with Crippen LogP contribution in [0.15, 0.2) is 29.2 Å². The summed E-state index contributed by atoms with van der Waals surface area (Å²) < 4.78 is 0. The third-order valence-electron chi connectivity index (χ3n) is 3.16. The van der Waals surface area contributed by atoms with E-state index in [1.165, 1.54) is 10.5 Å². The summed E-state index contributed by atoms with van der Waals surface area (Å²) in [6.07, 6.45) is 0. The van der Waals surface area contributed by atoms with Gasteiger partial charge in [-0.2, -0.15) is 0 Å². The first-order valence-corrected chi connectivity index (χ1v) is 5.72. The van der Waals surface area contributed by atoms with Gasteiger partial charge in [0.05, 0.1) is 5.92 Å². The molecule has 0 aromatic heterocycles. The Morgan fingerprint density at radius 2 is 2.21 bits per heavy atom. The molecule has 3 atom stereocenters. The Hall–Kier alpha value is -0.960. The number of carboxylic acid groups (broad SMARTS) is 1. The van der Waals surface area contributed by atoms with Gasteiger partial charge in [0.1, 0.15) is 0 Å². The zero-order valence-electron chi connectivity index (χ0n) is 7.51. The average molecular weight is 206 g/mol. The SMILES string of the molecule is O=C(O)C1C2CSc3ccccc3C21. The van der Waals surface area contributed by atoms with Crippen molar-refractivity contribution < 1.29 is 9.90 Å². The van der Waals surface area contributed by atoms with Crippen LogP contribution in [0.3, 0.4) is 0 Å². The van der Waals surface area contributed by atoms with Crippen molar-refractivity contribution >= 4 is 17.7 Å². The number of hydrogen-bond donors (Lipinski definition) is 1. The highest BCUT2D eigenvalue weighted by atomic mass is 32.2. The predicted octanol–water partition coefficient (Wildman–Crippen LogP) is 2.21. The van der Waals surface area contributed by atoms with Crippen molar-refractivity contribution in [3.8, 4) is 0 Å². The van der Waals surface area contributed by atoms with Gasteiger partial charge in [0.2, 0.25) is 0 Å². The number of hydrogen-bond acceptors (Lipinski definition) is 2. The second-order valence-electron chi connectivity index (χ2n) is 3.90. The second kappa shape index (κ2) is 2.76. The van der Waals surface area contributed by atoms with Crippen LogP contribution in [-0.4, -0.2) is 16.8 Å². The van der Waals surface area contributed by atoms with E-state index in [9.17, 15) is 4.79 Å². The van der Waals surface area contributed by atoms with Crippen LogP contribution in [-0.2, 0) is 4.79 Å². The monoisotopic (exact) mass is 206 g/mol. The lowest BCUT2D eigenvalue weighted by Crippen LogP contribution is -2.00. The van der Waals surface area contributed by atoms with Crippen LogP contribution in [0, 0.1) is 11.8 Å². The van der Waals surface area contributed by atoms with E-state index in [-0.39, 0.29) is 5.92 Å². The fraction of sp³-hybridized carbons (Fsp3) is 0.364. The van der Waals surface area contributed by atoms with E-state index in [1.807, 2.05) is 12.1 Å². The van der Waals surface area contributed by atoms with Crippen molar-refractivity contribution in [3.63, 3.8) is 0 Å². The molecule has 1 fully saturated rings. The standard InChI is InChI=1S/C11H10O2S/c12-11(13)10-7-5-14-8-4-2-1-3-6(8)9(7)10/h1-4,7,9-10H,5H2,(H,12,13). The van der Waals surface area contributed by atoms with Crippen molar-refractivity contribution in [1.29, 1.82) is 0 Å². The van der Waals surface area contributed by atoms with Crippen LogP contribution >= 0.6 is 11.8 Å². The predicted molar refractivity (Wildman–Crippen MR) is 54.5 cm³/mol. The van der Waals surface area contributed by atoms with E-state index in [0.29, 0.717) is 11.8 Å². The van der Waals surface area contributed by atoms with Gasteiger partial charge in [0.15, 0.2) is 0 Å². The zero-order chi connectivity index (χ0) is 9.71. The van der Waals surface area contributed by atoms with Gasteiger partial charge in [-0.15, -0.1) is 11.8 Å². The fourth-order valence-corrected chi connectivity index (χ4v) is 3.75. The zero-order valence-corrected chi connectivity index (χ0v) is 8.33. The van der Waals surface area contributed by atoms with E-state index in [2.05, 4.69) is 12.1 Å². The fourth-order valence-electron chi connectivity index (χ4n) is 2.42. The first-order chi connectivity index (χ1) is 6.79. The molecule has 0 amide bonds. The Kier molecular flexibility index (Phi) is 1.65. The van der Waals surface area contributed by atoms with Crippen LogP contribution in [0.4, 0.5) is 0 Å². The maximum absolute atomic E-state index is 10.9. The van der Waals surface area contributed by atoms with Crippen LogP contribution in [0.1, 0.15) is 11.5 Å². The molecule has 3 rings (SSSR count). The number of benzene rings is 1. The third kappa shape index (κ3) is 1.02. The third-order valence-corrected chi connectivity index (χ3v) is 4.40. The molecule has 1 N–H and O–H groups in total. The lowest BCUT2D eigenvalue weighted by molar-refractivity contribution is -0.138. The van der Waals surface area contributed by atoms with Crippen molar-refractivity contribution in [2.75, 3.05) is 5.75 Å². The Balaban J connectivity index is 2.00. The molecular formula is C11H10O2S. The summed E-state index contributed by atoms with van der Waals surface area (Å²) in [6, 6.07) is 8.18. The highest BCUT2D eigenvalue weighted by molar-refractivity contribution is 7.99. The molecule has 2 aliphatic rings. The molecule has 0 saturated heterocycles. The topological polar surface area (TPSA) is 37.3 Å². The molecular weight excluding hydrogens is 196 g/mol. The van der Waals surface area contributed by atoms with Gasteiger partial charge >= 0.3 is 5.97 Å². The minimum Gasteiger partial charge on any atom is -0.481 e. The summed E-state index contributed by atoms with van der Waals surface area (Å²) in [5, 5.41) is 9.00. The van der Waals surface area contributed by atoms with Gasteiger partial charge in [-0.1, -0.05) is 18.2 Å². The van der Waals surface area contributed by atoms with Gasteiger partial charge < -0.3 is 5.11 Å². The normalized spacial score (nSPS) is 33.0. The quantitative estimate of drug-likeness (QED) is 0.765. The number of rotatable bonds is 1. The molecule has 0 bridgehead atoms. The molecule has 1 saturated carbocycles. The average Bonchev–Trinajstić information content (AvgIpc) is 2.92. The van der Waals surface area contributed by atoms with Crippen molar-refractivity contribution in [1.82, 2.24) is 0 Å². The highest BCUT2D eigenvalue weighted by Crippen LogP contribution is 2.60. The van der Waals surface area contributed by atoms with E-state index in [4.69, 9.17) is 5.11 Å². The summed E-state index contributed by atoms with van der Waals surface area (Å²) >= 11 is 1.80. The smallest absolute Gasteiger partial charge is 0.307 e. The molecule has 0 radical (unpaired) electrons. The minimum absolute atomic E-state index is 0.119. The first-order valence-electron chi connectivity index (χ1n) is 4.73. The van der Waals surface area contributed by atoms with Gasteiger partial charge in [0.25, 0.3) is 0 Å². The van der Waals surface area contributed by atoms with E-state index < -0.39 is 5.97 Å². The molecule has 1 aromatic rings. The van der Waals surface area contributed by atoms with Gasteiger partial charge in [-0.25, -0.2) is 0 Å². The molecule has 0 spiro atoms. The minimum atomic E-state index is -0.627. The molecule has 1 aliphatic heterocycles. The van der Waals surface area contributed by atoms with E-state index in [1.54, 1.807) is 11.8 Å². The van der Waals surface area contributed by atoms with Crippen LogP contribution in [0.5, 0.6) is 0 Å². The number of thioether (sulfide) groups is 1. The van der Waals surface area contributed by atoms with Crippen molar-refractivity contribution in [2.45, 2.75) is 10.8 Å². The number of carboxylic acids is 1. The Morgan fingerprint density at radius 1 is 1.43 bits per heavy atom. The van der Waals surface area contributed by atoms with Crippen molar-refractivity contribution in [3.05, 3.63) is 29.8 Å². The van der Waals surface area contributed by atoms with Gasteiger partial charge in [-0.3, -0.25) is 4.79 Å². The summed E-state index contributed by atoms with van der Waals surface area (Å²) in [4.78, 5) is 12.2. The Morgan fingerprint density at radius 3 is 3.00 bits per heavy atom. The summed E-state index contributed by atoms with van der Waals surface area (Å²) in [5.41, 5.74) is 1.25. The van der Waals surface area contributed by atoms with Crippen LogP contribution < -0.4 is 0 Å². The summed E-state index contributed by atoms with van der Waals surface area (Å²) in [6.45, 7) is 0.